The normalized spacial score (nSPS) is 27.3. The molecule has 1 aromatic heterocycles. The van der Waals surface area contributed by atoms with Crippen LogP contribution >= 0.6 is 11.3 Å². The molecule has 1 aromatic rings. The summed E-state index contributed by atoms with van der Waals surface area (Å²) in [6, 6.07) is 2.15. The fraction of sp³-hybridized carbons (Fsp3) is 0.643. The smallest absolute Gasteiger partial charge is 0.230 e. The topological polar surface area (TPSA) is 46.3 Å². The first-order chi connectivity index (χ1) is 8.79. The molecule has 1 amide bonds. The standard InChI is InChI=1S/C14H20N2OS/c15-8-10-4-6-16(9-10)14(17)12-2-1-3-13-11(12)5-7-18-13/h5,7,10,12H,1-4,6,8-9,15H2. The Morgan fingerprint density at radius 1 is 1.50 bits per heavy atom. The van der Waals surface area contributed by atoms with E-state index >= 15 is 0 Å². The summed E-state index contributed by atoms with van der Waals surface area (Å²) in [7, 11) is 0. The molecule has 3 nitrogen and oxygen atoms in total. The highest BCUT2D eigenvalue weighted by atomic mass is 32.1. The Kier molecular flexibility index (Phi) is 3.39. The molecular formula is C14H20N2OS. The largest absolute Gasteiger partial charge is 0.342 e. The summed E-state index contributed by atoms with van der Waals surface area (Å²) in [6.45, 7) is 2.47. The van der Waals surface area contributed by atoms with Crippen LogP contribution in [0.2, 0.25) is 0 Å². The number of carbonyl (C=O) groups excluding carboxylic acids is 1. The number of amides is 1. The van der Waals surface area contributed by atoms with Crippen molar-refractivity contribution in [3.8, 4) is 0 Å². The van der Waals surface area contributed by atoms with Crippen LogP contribution in [0.3, 0.4) is 0 Å². The van der Waals surface area contributed by atoms with Gasteiger partial charge in [-0.3, -0.25) is 4.79 Å². The number of fused-ring (bicyclic) bond motifs is 1. The van der Waals surface area contributed by atoms with Gasteiger partial charge in [-0.1, -0.05) is 0 Å². The maximum Gasteiger partial charge on any atom is 0.230 e. The molecule has 2 unspecified atom stereocenters. The monoisotopic (exact) mass is 264 g/mol. The SMILES string of the molecule is NCC1CCN(C(=O)C2CCCc3sccc32)C1. The first kappa shape index (κ1) is 12.2. The van der Waals surface area contributed by atoms with Crippen LogP contribution in [0.5, 0.6) is 0 Å². The minimum atomic E-state index is 0.122. The second kappa shape index (κ2) is 5.02. The first-order valence-corrected chi connectivity index (χ1v) is 7.72. The van der Waals surface area contributed by atoms with E-state index in [9.17, 15) is 4.79 Å². The second-order valence-corrected chi connectivity index (χ2v) is 6.42. The molecule has 0 bridgehead atoms. The van der Waals surface area contributed by atoms with Crippen molar-refractivity contribution in [2.24, 2.45) is 11.7 Å². The maximum atomic E-state index is 12.6. The zero-order chi connectivity index (χ0) is 12.5. The van der Waals surface area contributed by atoms with Gasteiger partial charge in [-0.15, -0.1) is 11.3 Å². The highest BCUT2D eigenvalue weighted by Gasteiger charge is 2.33. The number of aryl methyl sites for hydroxylation is 1. The van der Waals surface area contributed by atoms with E-state index in [0.717, 1.165) is 38.8 Å². The third-order valence-electron chi connectivity index (χ3n) is 4.28. The van der Waals surface area contributed by atoms with E-state index in [0.29, 0.717) is 18.4 Å². The van der Waals surface area contributed by atoms with Crippen molar-refractivity contribution in [3.05, 3.63) is 21.9 Å². The number of likely N-dealkylation sites (tertiary alicyclic amines) is 1. The van der Waals surface area contributed by atoms with Crippen LogP contribution in [0.4, 0.5) is 0 Å². The molecule has 2 heterocycles. The summed E-state index contributed by atoms with van der Waals surface area (Å²) in [5.74, 6) is 0.973. The molecule has 4 heteroatoms. The number of nitrogens with two attached hydrogens (primary N) is 1. The molecule has 2 N–H and O–H groups in total. The molecule has 0 spiro atoms. The van der Waals surface area contributed by atoms with Crippen LogP contribution in [-0.4, -0.2) is 30.4 Å². The number of hydrogen-bond donors (Lipinski definition) is 1. The highest BCUT2D eigenvalue weighted by molar-refractivity contribution is 7.10. The van der Waals surface area contributed by atoms with Gasteiger partial charge in [0.15, 0.2) is 0 Å². The predicted octanol–water partition coefficient (Wildman–Crippen LogP) is 1.98. The van der Waals surface area contributed by atoms with Gasteiger partial charge in [0.05, 0.1) is 5.92 Å². The minimum Gasteiger partial charge on any atom is -0.342 e. The Bertz CT molecular complexity index is 443. The van der Waals surface area contributed by atoms with Crippen molar-refractivity contribution < 1.29 is 4.79 Å². The van der Waals surface area contributed by atoms with Gasteiger partial charge in [-0.25, -0.2) is 0 Å². The van der Waals surface area contributed by atoms with E-state index in [-0.39, 0.29) is 5.92 Å². The van der Waals surface area contributed by atoms with Crippen LogP contribution in [0, 0.1) is 5.92 Å². The molecular weight excluding hydrogens is 244 g/mol. The molecule has 3 rings (SSSR count). The van der Waals surface area contributed by atoms with Gasteiger partial charge in [0.25, 0.3) is 0 Å². The molecule has 1 aliphatic carbocycles. The van der Waals surface area contributed by atoms with Crippen molar-refractivity contribution in [3.63, 3.8) is 0 Å². The summed E-state index contributed by atoms with van der Waals surface area (Å²) >= 11 is 1.80. The summed E-state index contributed by atoms with van der Waals surface area (Å²) in [4.78, 5) is 16.1. The quantitative estimate of drug-likeness (QED) is 0.888. The fourth-order valence-corrected chi connectivity index (χ4v) is 4.18. The molecule has 1 fully saturated rings. The summed E-state index contributed by atoms with van der Waals surface area (Å²) < 4.78 is 0. The van der Waals surface area contributed by atoms with Crippen LogP contribution in [-0.2, 0) is 11.2 Å². The van der Waals surface area contributed by atoms with E-state index < -0.39 is 0 Å². The zero-order valence-electron chi connectivity index (χ0n) is 10.6. The number of nitrogens with zero attached hydrogens (tertiary/aromatic N) is 1. The lowest BCUT2D eigenvalue weighted by Crippen LogP contribution is -2.35. The molecule has 18 heavy (non-hydrogen) atoms. The van der Waals surface area contributed by atoms with Gasteiger partial charge < -0.3 is 10.6 Å². The molecule has 98 valence electrons. The van der Waals surface area contributed by atoms with Gasteiger partial charge in [0, 0.05) is 18.0 Å². The highest BCUT2D eigenvalue weighted by Crippen LogP contribution is 2.36. The Labute approximate surface area is 112 Å². The van der Waals surface area contributed by atoms with Gasteiger partial charge in [0.1, 0.15) is 0 Å². The lowest BCUT2D eigenvalue weighted by molar-refractivity contribution is -0.132. The average Bonchev–Trinajstić information content (AvgIpc) is 3.05. The molecule has 2 aliphatic rings. The van der Waals surface area contributed by atoms with Crippen LogP contribution in [0.1, 0.15) is 35.6 Å². The minimum absolute atomic E-state index is 0.122. The van der Waals surface area contributed by atoms with Crippen molar-refractivity contribution >= 4 is 17.2 Å². The Morgan fingerprint density at radius 2 is 2.39 bits per heavy atom. The lowest BCUT2D eigenvalue weighted by Gasteiger charge is -2.26. The van der Waals surface area contributed by atoms with Crippen molar-refractivity contribution in [1.82, 2.24) is 4.90 Å². The molecule has 1 saturated heterocycles. The van der Waals surface area contributed by atoms with E-state index in [4.69, 9.17) is 5.73 Å². The van der Waals surface area contributed by atoms with Crippen LogP contribution < -0.4 is 5.73 Å². The molecule has 2 atom stereocenters. The van der Waals surface area contributed by atoms with Crippen LogP contribution in [0.15, 0.2) is 11.4 Å². The third-order valence-corrected chi connectivity index (χ3v) is 5.28. The molecule has 1 aliphatic heterocycles. The van der Waals surface area contributed by atoms with Crippen LogP contribution in [0.25, 0.3) is 0 Å². The van der Waals surface area contributed by atoms with Gasteiger partial charge >= 0.3 is 0 Å². The molecule has 0 aromatic carbocycles. The predicted molar refractivity (Wildman–Crippen MR) is 73.7 cm³/mol. The zero-order valence-corrected chi connectivity index (χ0v) is 11.4. The Balaban J connectivity index is 1.75. The summed E-state index contributed by atoms with van der Waals surface area (Å²) in [5.41, 5.74) is 7.00. The van der Waals surface area contributed by atoms with Crippen molar-refractivity contribution in [2.75, 3.05) is 19.6 Å². The van der Waals surface area contributed by atoms with E-state index in [1.165, 1.54) is 10.4 Å². The van der Waals surface area contributed by atoms with Crippen molar-refractivity contribution in [2.45, 2.75) is 31.6 Å². The van der Waals surface area contributed by atoms with E-state index in [1.807, 2.05) is 4.90 Å². The average molecular weight is 264 g/mol. The molecule has 0 saturated carbocycles. The summed E-state index contributed by atoms with van der Waals surface area (Å²) in [6.07, 6.45) is 4.40. The van der Waals surface area contributed by atoms with E-state index in [2.05, 4.69) is 11.4 Å². The van der Waals surface area contributed by atoms with Gasteiger partial charge in [-0.05, 0) is 55.2 Å². The third kappa shape index (κ3) is 2.08. The Morgan fingerprint density at radius 3 is 3.17 bits per heavy atom. The van der Waals surface area contributed by atoms with Crippen molar-refractivity contribution in [1.29, 1.82) is 0 Å². The summed E-state index contributed by atoms with van der Waals surface area (Å²) in [5, 5.41) is 2.13. The maximum absolute atomic E-state index is 12.6. The first-order valence-electron chi connectivity index (χ1n) is 6.84. The number of rotatable bonds is 2. The van der Waals surface area contributed by atoms with Gasteiger partial charge in [-0.2, -0.15) is 0 Å². The number of thiophene rings is 1. The Hall–Kier alpha value is -0.870. The van der Waals surface area contributed by atoms with E-state index in [1.54, 1.807) is 11.3 Å². The number of carbonyl (C=O) groups is 1. The second-order valence-electron chi connectivity index (χ2n) is 5.42. The molecule has 0 radical (unpaired) electrons. The van der Waals surface area contributed by atoms with Gasteiger partial charge in [0.2, 0.25) is 5.91 Å². The lowest BCUT2D eigenvalue weighted by atomic mass is 9.87. The number of hydrogen-bond acceptors (Lipinski definition) is 3. The fourth-order valence-electron chi connectivity index (χ4n) is 3.19.